The van der Waals surface area contributed by atoms with Crippen molar-refractivity contribution in [3.63, 3.8) is 0 Å². The van der Waals surface area contributed by atoms with E-state index in [9.17, 15) is 14.4 Å². The van der Waals surface area contributed by atoms with E-state index < -0.39 is 11.8 Å². The Morgan fingerprint density at radius 2 is 1.77 bits per heavy atom. The zero-order valence-electron chi connectivity index (χ0n) is 21.7. The largest absolute Gasteiger partial charge is 0.379 e. The minimum absolute atomic E-state index is 0.324. The highest BCUT2D eigenvalue weighted by Gasteiger charge is 2.34. The van der Waals surface area contributed by atoms with E-state index in [1.165, 1.54) is 0 Å². The van der Waals surface area contributed by atoms with Crippen LogP contribution in [0.4, 0.5) is 5.69 Å². The van der Waals surface area contributed by atoms with Crippen LogP contribution in [0.1, 0.15) is 39.1 Å². The molecule has 39 heavy (non-hydrogen) atoms. The molecule has 6 rings (SSSR count). The Morgan fingerprint density at radius 1 is 1.00 bits per heavy atom. The minimum Gasteiger partial charge on any atom is -0.379 e. The molecule has 0 saturated carbocycles. The van der Waals surface area contributed by atoms with Crippen LogP contribution < -0.4 is 10.6 Å². The summed E-state index contributed by atoms with van der Waals surface area (Å²) in [4.78, 5) is 40.1. The fourth-order valence-corrected chi connectivity index (χ4v) is 6.15. The lowest BCUT2D eigenvalue weighted by atomic mass is 9.92. The van der Waals surface area contributed by atoms with E-state index in [1.54, 1.807) is 6.07 Å². The third kappa shape index (κ3) is 4.48. The molecule has 2 aliphatic rings. The van der Waals surface area contributed by atoms with Crippen LogP contribution in [0.2, 0.25) is 5.02 Å². The molecule has 8 nitrogen and oxygen atoms in total. The molecular formula is C30H29ClN4O4. The standard InChI is InChI=1S/C30H29ClN4O4/c1-34-24-14-18(6-4-5-9-35-10-12-39-13-11-35)23(32-17-36)15-21(24)26-25(34)16-20(19-7-2-3-8-22(19)31)27-28(26)30(38)33-29(27)37/h2-3,7-8,14-17H,4-6,9-13H2,1H3,(H,32,36)(H,33,37,38). The first-order chi connectivity index (χ1) is 19.0. The fraction of sp³-hybridized carbons (Fsp3) is 0.300. The maximum absolute atomic E-state index is 13.1. The number of benzene rings is 3. The molecule has 3 amide bonds. The Labute approximate surface area is 230 Å². The number of carbonyl (C=O) groups is 3. The van der Waals surface area contributed by atoms with Crippen LogP contribution in [-0.4, -0.2) is 60.5 Å². The van der Waals surface area contributed by atoms with E-state index in [0.717, 1.165) is 74.1 Å². The first-order valence-corrected chi connectivity index (χ1v) is 13.6. The van der Waals surface area contributed by atoms with Crippen molar-refractivity contribution in [1.82, 2.24) is 14.8 Å². The lowest BCUT2D eigenvalue weighted by Gasteiger charge is -2.26. The van der Waals surface area contributed by atoms with Gasteiger partial charge in [0.1, 0.15) is 0 Å². The molecule has 3 aromatic carbocycles. The van der Waals surface area contributed by atoms with Crippen molar-refractivity contribution < 1.29 is 19.1 Å². The van der Waals surface area contributed by atoms with Crippen molar-refractivity contribution in [2.24, 2.45) is 7.05 Å². The lowest BCUT2D eigenvalue weighted by Crippen LogP contribution is -2.36. The molecule has 0 unspecified atom stereocenters. The number of fused-ring (bicyclic) bond motifs is 5. The predicted molar refractivity (Wildman–Crippen MR) is 153 cm³/mol. The number of aromatic nitrogens is 1. The molecule has 0 radical (unpaired) electrons. The minimum atomic E-state index is -0.438. The third-order valence-corrected chi connectivity index (χ3v) is 8.18. The monoisotopic (exact) mass is 544 g/mol. The summed E-state index contributed by atoms with van der Waals surface area (Å²) in [7, 11) is 1.96. The second kappa shape index (κ2) is 10.4. The molecular weight excluding hydrogens is 516 g/mol. The van der Waals surface area contributed by atoms with Gasteiger partial charge in [-0.05, 0) is 61.2 Å². The summed E-state index contributed by atoms with van der Waals surface area (Å²) in [6.45, 7) is 4.54. The van der Waals surface area contributed by atoms with Gasteiger partial charge in [0.2, 0.25) is 6.41 Å². The quantitative estimate of drug-likeness (QED) is 0.190. The zero-order valence-corrected chi connectivity index (χ0v) is 22.4. The first kappa shape index (κ1) is 25.6. The predicted octanol–water partition coefficient (Wildman–Crippen LogP) is 4.76. The van der Waals surface area contributed by atoms with Crippen LogP contribution >= 0.6 is 11.6 Å². The van der Waals surface area contributed by atoms with Crippen LogP contribution in [0.15, 0.2) is 42.5 Å². The summed E-state index contributed by atoms with van der Waals surface area (Å²) in [6.07, 6.45) is 3.51. The summed E-state index contributed by atoms with van der Waals surface area (Å²) in [5, 5.41) is 7.34. The number of hydrogen-bond acceptors (Lipinski definition) is 5. The first-order valence-electron chi connectivity index (χ1n) is 13.2. The van der Waals surface area contributed by atoms with Crippen molar-refractivity contribution in [3.05, 3.63) is 64.2 Å². The second-order valence-corrected chi connectivity index (χ2v) is 10.5. The number of nitrogens with one attached hydrogen (secondary N) is 2. The average Bonchev–Trinajstić information content (AvgIpc) is 3.39. The highest BCUT2D eigenvalue weighted by molar-refractivity contribution is 6.36. The number of rotatable bonds is 8. The maximum atomic E-state index is 13.1. The zero-order chi connectivity index (χ0) is 27.1. The molecule has 0 bridgehead atoms. The number of amides is 3. The number of nitrogens with zero attached hydrogens (tertiary/aromatic N) is 2. The van der Waals surface area contributed by atoms with Crippen molar-refractivity contribution in [3.8, 4) is 11.1 Å². The van der Waals surface area contributed by atoms with Gasteiger partial charge >= 0.3 is 0 Å². The number of anilines is 1. The molecule has 9 heteroatoms. The van der Waals surface area contributed by atoms with Gasteiger partial charge < -0.3 is 14.6 Å². The molecule has 2 aliphatic heterocycles. The fourth-order valence-electron chi connectivity index (χ4n) is 5.91. The molecule has 0 aliphatic carbocycles. The number of morpholine rings is 1. The molecule has 3 heterocycles. The van der Waals surface area contributed by atoms with Gasteiger partial charge in [0.15, 0.2) is 0 Å². The van der Waals surface area contributed by atoms with E-state index in [2.05, 4.69) is 21.6 Å². The summed E-state index contributed by atoms with van der Waals surface area (Å²) in [6, 6.07) is 13.3. The average molecular weight is 545 g/mol. The smallest absolute Gasteiger partial charge is 0.259 e. The number of imide groups is 1. The van der Waals surface area contributed by atoms with E-state index in [0.29, 0.717) is 44.8 Å². The highest BCUT2D eigenvalue weighted by atomic mass is 35.5. The molecule has 4 aromatic rings. The second-order valence-electron chi connectivity index (χ2n) is 10.1. The molecule has 200 valence electrons. The van der Waals surface area contributed by atoms with Crippen LogP contribution in [-0.2, 0) is 23.0 Å². The van der Waals surface area contributed by atoms with Gasteiger partial charge in [-0.15, -0.1) is 0 Å². The van der Waals surface area contributed by atoms with Gasteiger partial charge in [0.25, 0.3) is 11.8 Å². The molecule has 0 spiro atoms. The Balaban J connectivity index is 1.46. The summed E-state index contributed by atoms with van der Waals surface area (Å²) in [5.74, 6) is -0.870. The lowest BCUT2D eigenvalue weighted by molar-refractivity contribution is -0.105. The van der Waals surface area contributed by atoms with E-state index in [4.69, 9.17) is 16.3 Å². The van der Waals surface area contributed by atoms with E-state index >= 15 is 0 Å². The van der Waals surface area contributed by atoms with Crippen molar-refractivity contribution >= 4 is 57.3 Å². The van der Waals surface area contributed by atoms with Gasteiger partial charge in [0, 0.05) is 52.7 Å². The Morgan fingerprint density at radius 3 is 2.54 bits per heavy atom. The number of unbranched alkanes of at least 4 members (excludes halogenated alkanes) is 1. The number of ether oxygens (including phenoxy) is 1. The van der Waals surface area contributed by atoms with Crippen LogP contribution in [0.5, 0.6) is 0 Å². The van der Waals surface area contributed by atoms with Crippen molar-refractivity contribution in [2.45, 2.75) is 19.3 Å². The summed E-state index contributed by atoms with van der Waals surface area (Å²) in [5.41, 5.74) is 5.46. The van der Waals surface area contributed by atoms with Crippen LogP contribution in [0, 0.1) is 0 Å². The van der Waals surface area contributed by atoms with Gasteiger partial charge in [0.05, 0.1) is 29.9 Å². The number of hydrogen-bond donors (Lipinski definition) is 2. The molecule has 2 N–H and O–H groups in total. The van der Waals surface area contributed by atoms with Crippen molar-refractivity contribution in [1.29, 1.82) is 0 Å². The molecule has 1 saturated heterocycles. The normalized spacial score (nSPS) is 15.6. The summed E-state index contributed by atoms with van der Waals surface area (Å²) >= 11 is 6.53. The Bertz CT molecular complexity index is 1640. The molecule has 1 fully saturated rings. The SMILES string of the molecule is Cn1c2cc(CCCCN3CCOCC3)c(NC=O)cc2c2c3c(c(-c4ccccc4Cl)cc21)C(=O)NC3=O. The molecule has 1 aromatic heterocycles. The Kier molecular flexibility index (Phi) is 6.85. The topological polar surface area (TPSA) is 92.7 Å². The van der Waals surface area contributed by atoms with Gasteiger partial charge in [-0.3, -0.25) is 24.6 Å². The Hall–Kier alpha value is -3.72. The van der Waals surface area contributed by atoms with Gasteiger partial charge in [-0.25, -0.2) is 0 Å². The van der Waals surface area contributed by atoms with Crippen LogP contribution in [0.3, 0.4) is 0 Å². The summed E-state index contributed by atoms with van der Waals surface area (Å²) < 4.78 is 7.48. The number of aryl methyl sites for hydroxylation is 2. The van der Waals surface area contributed by atoms with Gasteiger partial charge in [-0.2, -0.15) is 0 Å². The third-order valence-electron chi connectivity index (χ3n) is 7.85. The number of carbonyl (C=O) groups excluding carboxylic acids is 3. The van der Waals surface area contributed by atoms with E-state index in [-0.39, 0.29) is 0 Å². The molecule has 0 atom stereocenters. The van der Waals surface area contributed by atoms with E-state index in [1.807, 2.05) is 41.9 Å². The highest BCUT2D eigenvalue weighted by Crippen LogP contribution is 2.42. The van der Waals surface area contributed by atoms with Gasteiger partial charge in [-0.1, -0.05) is 29.8 Å². The van der Waals surface area contributed by atoms with Crippen LogP contribution in [0.25, 0.3) is 32.9 Å². The van der Waals surface area contributed by atoms with Crippen molar-refractivity contribution in [2.75, 3.05) is 38.2 Å². The number of halogens is 1. The maximum Gasteiger partial charge on any atom is 0.259 e.